The molecule has 0 unspecified atom stereocenters. The molecule has 5 nitrogen and oxygen atoms in total. The Labute approximate surface area is 177 Å². The van der Waals surface area contributed by atoms with Crippen LogP contribution in [-0.4, -0.2) is 23.5 Å². The Morgan fingerprint density at radius 1 is 1.13 bits per heavy atom. The number of hydrogen-bond acceptors (Lipinski definition) is 5. The number of para-hydroxylation sites is 1. The van der Waals surface area contributed by atoms with E-state index in [0.29, 0.717) is 19.3 Å². The molecule has 1 amide bonds. The van der Waals surface area contributed by atoms with Gasteiger partial charge >= 0.3 is 5.97 Å². The summed E-state index contributed by atoms with van der Waals surface area (Å²) in [4.78, 5) is 29.5. The molecule has 0 radical (unpaired) electrons. The number of carbonyl (C=O) groups excluding carboxylic acids is 2. The second kappa shape index (κ2) is 9.30. The summed E-state index contributed by atoms with van der Waals surface area (Å²) in [6, 6.07) is 10.5. The summed E-state index contributed by atoms with van der Waals surface area (Å²) < 4.78 is 33.2. The second-order valence-electron chi connectivity index (χ2n) is 6.99. The Hall–Kier alpha value is -2.87. The zero-order valence-corrected chi connectivity index (χ0v) is 17.5. The van der Waals surface area contributed by atoms with Crippen LogP contribution in [0, 0.1) is 17.0 Å². The average molecular weight is 432 g/mol. The summed E-state index contributed by atoms with van der Waals surface area (Å²) in [5.74, 6) is -2.71. The largest absolute Gasteiger partial charge is 0.455 e. The third-order valence-electron chi connectivity index (χ3n) is 5.15. The van der Waals surface area contributed by atoms with Crippen LogP contribution in [0.15, 0.2) is 42.5 Å². The van der Waals surface area contributed by atoms with Crippen LogP contribution in [-0.2, 0) is 20.7 Å². The zero-order chi connectivity index (χ0) is 21.7. The molecule has 0 atom stereocenters. The van der Waals surface area contributed by atoms with Crippen molar-refractivity contribution in [1.82, 2.24) is 4.98 Å². The van der Waals surface area contributed by atoms with E-state index in [1.54, 1.807) is 0 Å². The summed E-state index contributed by atoms with van der Waals surface area (Å²) in [7, 11) is 0. The van der Waals surface area contributed by atoms with Gasteiger partial charge in [0, 0.05) is 12.5 Å². The molecule has 3 rings (SSSR count). The lowest BCUT2D eigenvalue weighted by Crippen LogP contribution is -2.36. The van der Waals surface area contributed by atoms with Crippen molar-refractivity contribution in [1.29, 1.82) is 0 Å². The van der Waals surface area contributed by atoms with Gasteiger partial charge in [-0.3, -0.25) is 9.59 Å². The summed E-state index contributed by atoms with van der Waals surface area (Å²) in [6.45, 7) is 3.19. The molecule has 0 aliphatic rings. The molecular weight excluding hydrogens is 410 g/mol. The molecule has 1 N–H and O–H groups in total. The predicted octanol–water partition coefficient (Wildman–Crippen LogP) is 5.11. The maximum Gasteiger partial charge on any atom is 0.312 e. The van der Waals surface area contributed by atoms with E-state index < -0.39 is 35.5 Å². The molecule has 0 saturated heterocycles. The van der Waals surface area contributed by atoms with Gasteiger partial charge in [-0.25, -0.2) is 13.8 Å². The molecule has 1 aromatic heterocycles. The number of amides is 1. The van der Waals surface area contributed by atoms with Crippen LogP contribution in [0.4, 0.5) is 14.5 Å². The minimum Gasteiger partial charge on any atom is -0.455 e. The Bertz CT molecular complexity index is 1030. The van der Waals surface area contributed by atoms with E-state index in [1.165, 1.54) is 11.3 Å². The minimum absolute atomic E-state index is 0.303. The Morgan fingerprint density at radius 3 is 2.57 bits per heavy atom. The predicted molar refractivity (Wildman–Crippen MR) is 112 cm³/mol. The van der Waals surface area contributed by atoms with Crippen LogP contribution in [0.1, 0.15) is 31.7 Å². The van der Waals surface area contributed by atoms with Crippen molar-refractivity contribution in [3.63, 3.8) is 0 Å². The van der Waals surface area contributed by atoms with Crippen molar-refractivity contribution in [2.24, 2.45) is 5.41 Å². The molecule has 3 aromatic rings. The first-order chi connectivity index (χ1) is 14.4. The van der Waals surface area contributed by atoms with Crippen LogP contribution in [0.3, 0.4) is 0 Å². The first kappa shape index (κ1) is 21.8. The first-order valence-electron chi connectivity index (χ1n) is 9.63. The number of nitrogens with zero attached hydrogens (tertiary/aromatic N) is 1. The number of ether oxygens (including phenoxy) is 1. The molecule has 1 heterocycles. The summed E-state index contributed by atoms with van der Waals surface area (Å²) in [6.07, 6.45) is 1.43. The number of aromatic nitrogens is 1. The van der Waals surface area contributed by atoms with Crippen molar-refractivity contribution in [2.45, 2.75) is 33.1 Å². The van der Waals surface area contributed by atoms with Crippen LogP contribution < -0.4 is 5.32 Å². The lowest BCUT2D eigenvalue weighted by molar-refractivity contribution is -0.158. The van der Waals surface area contributed by atoms with E-state index in [1.807, 2.05) is 38.1 Å². The highest BCUT2D eigenvalue weighted by Gasteiger charge is 2.38. The number of carbonyl (C=O) groups is 2. The normalized spacial score (nSPS) is 11.5. The molecule has 158 valence electrons. The number of fused-ring (bicyclic) bond motifs is 1. The van der Waals surface area contributed by atoms with Gasteiger partial charge in [0.2, 0.25) is 0 Å². The summed E-state index contributed by atoms with van der Waals surface area (Å²) in [5.41, 5.74) is -0.246. The van der Waals surface area contributed by atoms with Crippen molar-refractivity contribution in [3.05, 3.63) is 59.1 Å². The fraction of sp³-hybridized carbons (Fsp3) is 0.318. The van der Waals surface area contributed by atoms with Crippen LogP contribution in [0.2, 0.25) is 0 Å². The monoisotopic (exact) mass is 432 g/mol. The highest BCUT2D eigenvalue weighted by molar-refractivity contribution is 7.18. The zero-order valence-electron chi connectivity index (χ0n) is 16.7. The number of esters is 1. The molecule has 0 spiro atoms. The van der Waals surface area contributed by atoms with E-state index in [4.69, 9.17) is 4.74 Å². The number of benzene rings is 2. The number of rotatable bonds is 8. The molecule has 30 heavy (non-hydrogen) atoms. The fourth-order valence-electron chi connectivity index (χ4n) is 3.21. The lowest BCUT2D eigenvalue weighted by atomic mass is 9.79. The number of nitrogens with one attached hydrogen (secondary N) is 1. The van der Waals surface area contributed by atoms with Gasteiger partial charge in [0.1, 0.15) is 11.6 Å². The van der Waals surface area contributed by atoms with E-state index in [-0.39, 0.29) is 5.69 Å². The van der Waals surface area contributed by atoms with Gasteiger partial charge in [-0.05, 0) is 37.1 Å². The quantitative estimate of drug-likeness (QED) is 0.503. The van der Waals surface area contributed by atoms with Gasteiger partial charge in [-0.15, -0.1) is 11.3 Å². The highest BCUT2D eigenvalue weighted by Crippen LogP contribution is 2.35. The number of thiazole rings is 1. The Balaban J connectivity index is 1.67. The number of anilines is 1. The first-order valence-corrected chi connectivity index (χ1v) is 10.4. The number of hydrogen-bond donors (Lipinski definition) is 1. The minimum atomic E-state index is -0.821. The number of halogens is 2. The van der Waals surface area contributed by atoms with Gasteiger partial charge in [0.15, 0.2) is 6.61 Å². The second-order valence-corrected chi connectivity index (χ2v) is 8.10. The molecule has 0 aliphatic carbocycles. The van der Waals surface area contributed by atoms with Gasteiger partial charge in [0.05, 0.1) is 26.3 Å². The lowest BCUT2D eigenvalue weighted by Gasteiger charge is -2.28. The van der Waals surface area contributed by atoms with Crippen LogP contribution in [0.5, 0.6) is 0 Å². The Morgan fingerprint density at radius 2 is 1.87 bits per heavy atom. The molecule has 0 bridgehead atoms. The van der Waals surface area contributed by atoms with E-state index in [9.17, 15) is 18.4 Å². The van der Waals surface area contributed by atoms with Crippen molar-refractivity contribution >= 4 is 39.1 Å². The molecule has 8 heteroatoms. The Kier molecular flexibility index (Phi) is 6.77. The standard InChI is InChI=1S/C22H22F2N2O3S/c1-3-22(4-2,12-20-26-16-7-5-6-8-18(16)30-20)21(28)29-13-19(27)25-17-11-14(23)9-10-15(17)24/h5-11H,3-4,12-13H2,1-2H3,(H,25,27). The van der Waals surface area contributed by atoms with Crippen LogP contribution in [0.25, 0.3) is 10.2 Å². The van der Waals surface area contributed by atoms with E-state index in [0.717, 1.165) is 33.4 Å². The smallest absolute Gasteiger partial charge is 0.312 e. The van der Waals surface area contributed by atoms with Gasteiger partial charge in [-0.2, -0.15) is 0 Å². The van der Waals surface area contributed by atoms with Crippen LogP contribution >= 0.6 is 11.3 Å². The highest BCUT2D eigenvalue weighted by atomic mass is 32.1. The molecule has 0 saturated carbocycles. The average Bonchev–Trinajstić information content (AvgIpc) is 3.15. The van der Waals surface area contributed by atoms with E-state index >= 15 is 0 Å². The van der Waals surface area contributed by atoms with E-state index in [2.05, 4.69) is 10.3 Å². The van der Waals surface area contributed by atoms with Crippen molar-refractivity contribution in [2.75, 3.05) is 11.9 Å². The molecule has 2 aromatic carbocycles. The molecule has 0 fully saturated rings. The molecule has 0 aliphatic heterocycles. The van der Waals surface area contributed by atoms with Crippen molar-refractivity contribution < 1.29 is 23.1 Å². The fourth-order valence-corrected chi connectivity index (χ4v) is 4.32. The maximum atomic E-state index is 13.7. The third kappa shape index (κ3) is 4.81. The topological polar surface area (TPSA) is 68.3 Å². The van der Waals surface area contributed by atoms with Gasteiger partial charge in [-0.1, -0.05) is 26.0 Å². The SMILES string of the molecule is CCC(CC)(Cc1nc2ccccc2s1)C(=O)OCC(=O)Nc1cc(F)ccc1F. The van der Waals surface area contributed by atoms with Gasteiger partial charge in [0.25, 0.3) is 5.91 Å². The molecular formula is C22H22F2N2O3S. The summed E-state index contributed by atoms with van der Waals surface area (Å²) >= 11 is 1.53. The summed E-state index contributed by atoms with van der Waals surface area (Å²) in [5, 5.41) is 3.04. The maximum absolute atomic E-state index is 13.7. The third-order valence-corrected chi connectivity index (χ3v) is 6.19. The van der Waals surface area contributed by atoms with Crippen molar-refractivity contribution in [3.8, 4) is 0 Å². The van der Waals surface area contributed by atoms with Gasteiger partial charge < -0.3 is 10.1 Å².